The van der Waals surface area contributed by atoms with Crippen LogP contribution in [0.2, 0.25) is 5.02 Å². The van der Waals surface area contributed by atoms with Crippen molar-refractivity contribution in [3.8, 4) is 22.8 Å². The van der Waals surface area contributed by atoms with Crippen molar-refractivity contribution in [1.82, 2.24) is 10.3 Å². The molecule has 9 heteroatoms. The molecule has 0 saturated heterocycles. The fourth-order valence-electron chi connectivity index (χ4n) is 3.71. The van der Waals surface area contributed by atoms with Crippen LogP contribution in [0.1, 0.15) is 36.1 Å². The molecule has 0 spiro atoms. The number of hydrogen-bond acceptors (Lipinski definition) is 6. The van der Waals surface area contributed by atoms with Gasteiger partial charge in [0, 0.05) is 34.9 Å². The van der Waals surface area contributed by atoms with Gasteiger partial charge in [0.2, 0.25) is 5.91 Å². The summed E-state index contributed by atoms with van der Waals surface area (Å²) in [6.07, 6.45) is 0.709. The Hall–Kier alpha value is -3.10. The van der Waals surface area contributed by atoms with Crippen LogP contribution in [0.15, 0.2) is 35.7 Å². The number of rotatable bonds is 6. The molecule has 2 amide bonds. The molecule has 0 bridgehead atoms. The molecule has 1 aliphatic heterocycles. The quantitative estimate of drug-likeness (QED) is 0.509. The highest BCUT2D eigenvalue weighted by molar-refractivity contribution is 7.14. The minimum atomic E-state index is -0.300. The topological polar surface area (TPSA) is 89.6 Å². The van der Waals surface area contributed by atoms with Gasteiger partial charge in [-0.1, -0.05) is 11.6 Å². The van der Waals surface area contributed by atoms with E-state index in [0.717, 1.165) is 33.7 Å². The predicted octanol–water partition coefficient (Wildman–Crippen LogP) is 5.06. The van der Waals surface area contributed by atoms with E-state index in [1.54, 1.807) is 12.1 Å². The van der Waals surface area contributed by atoms with Gasteiger partial charge >= 0.3 is 0 Å². The molecule has 0 radical (unpaired) electrons. The molecule has 1 aliphatic rings. The average Bonchev–Trinajstić information content (AvgIpc) is 3.24. The van der Waals surface area contributed by atoms with E-state index in [-0.39, 0.29) is 24.5 Å². The van der Waals surface area contributed by atoms with Crippen LogP contribution in [-0.4, -0.2) is 30.0 Å². The molecule has 1 aromatic heterocycles. The van der Waals surface area contributed by atoms with E-state index < -0.39 is 0 Å². The molecule has 0 saturated carbocycles. The number of hydrogen-bond donors (Lipinski definition) is 2. The first-order valence-corrected chi connectivity index (χ1v) is 11.7. The summed E-state index contributed by atoms with van der Waals surface area (Å²) in [5, 5.41) is 8.80. The van der Waals surface area contributed by atoms with Crippen molar-refractivity contribution in [3.05, 3.63) is 57.4 Å². The van der Waals surface area contributed by atoms with Crippen molar-refractivity contribution in [2.45, 2.75) is 33.2 Å². The zero-order valence-electron chi connectivity index (χ0n) is 18.5. The highest BCUT2D eigenvalue weighted by Crippen LogP contribution is 2.36. The smallest absolute Gasteiger partial charge is 0.264 e. The number of amides is 2. The Morgan fingerprint density at radius 2 is 2.00 bits per heavy atom. The number of halogens is 1. The largest absolute Gasteiger partial charge is 0.493 e. The molecule has 0 fully saturated rings. The number of carbonyl (C=O) groups excluding carboxylic acids is 2. The lowest BCUT2D eigenvalue weighted by Crippen LogP contribution is -2.30. The number of aromatic nitrogens is 1. The number of carbonyl (C=O) groups is 2. The number of nitrogens with one attached hydrogen (secondary N) is 2. The van der Waals surface area contributed by atoms with Crippen molar-refractivity contribution < 1.29 is 19.1 Å². The van der Waals surface area contributed by atoms with Gasteiger partial charge in [-0.05, 0) is 55.3 Å². The van der Waals surface area contributed by atoms with E-state index in [1.165, 1.54) is 18.3 Å². The van der Waals surface area contributed by atoms with Crippen LogP contribution in [-0.2, 0) is 9.59 Å². The van der Waals surface area contributed by atoms with E-state index in [0.29, 0.717) is 28.9 Å². The highest BCUT2D eigenvalue weighted by atomic mass is 35.5. The molecule has 2 N–H and O–H groups in total. The van der Waals surface area contributed by atoms with E-state index in [1.807, 2.05) is 37.4 Å². The first kappa shape index (κ1) is 23.1. The van der Waals surface area contributed by atoms with E-state index in [4.69, 9.17) is 21.1 Å². The number of fused-ring (bicyclic) bond motifs is 1. The summed E-state index contributed by atoms with van der Waals surface area (Å²) >= 11 is 7.51. The summed E-state index contributed by atoms with van der Waals surface area (Å²) in [6, 6.07) is 9.30. The second-order valence-electron chi connectivity index (χ2n) is 7.89. The molecule has 0 aliphatic carbocycles. The third kappa shape index (κ3) is 5.46. The highest BCUT2D eigenvalue weighted by Gasteiger charge is 2.23. The Labute approximate surface area is 201 Å². The molecule has 3 aromatic rings. The maximum absolute atomic E-state index is 12.4. The van der Waals surface area contributed by atoms with Gasteiger partial charge in [0.05, 0.1) is 18.3 Å². The van der Waals surface area contributed by atoms with Crippen molar-refractivity contribution in [3.63, 3.8) is 0 Å². The van der Waals surface area contributed by atoms with Gasteiger partial charge in [-0.2, -0.15) is 0 Å². The summed E-state index contributed by atoms with van der Waals surface area (Å²) in [6.45, 7) is 5.72. The van der Waals surface area contributed by atoms with E-state index in [9.17, 15) is 9.59 Å². The molecule has 1 unspecified atom stereocenters. The Morgan fingerprint density at radius 3 is 2.73 bits per heavy atom. The Kier molecular flexibility index (Phi) is 6.85. The fraction of sp³-hybridized carbons (Fsp3) is 0.292. The number of thiazole rings is 1. The van der Waals surface area contributed by atoms with Crippen LogP contribution in [0.3, 0.4) is 0 Å². The maximum atomic E-state index is 12.4. The maximum Gasteiger partial charge on any atom is 0.264 e. The molecule has 4 rings (SSSR count). The first-order valence-electron chi connectivity index (χ1n) is 10.5. The summed E-state index contributed by atoms with van der Waals surface area (Å²) in [5.41, 5.74) is 4.33. The summed E-state index contributed by atoms with van der Waals surface area (Å²) in [5.74, 6) is 0.973. The van der Waals surface area contributed by atoms with Gasteiger partial charge < -0.3 is 14.8 Å². The number of benzene rings is 2. The molecule has 1 atom stereocenters. The van der Waals surface area contributed by atoms with Crippen LogP contribution in [0.5, 0.6) is 11.5 Å². The Morgan fingerprint density at radius 1 is 1.24 bits per heavy atom. The molecule has 33 heavy (non-hydrogen) atoms. The minimum absolute atomic E-state index is 0.0805. The van der Waals surface area contributed by atoms with Gasteiger partial charge in [-0.25, -0.2) is 4.98 Å². The van der Waals surface area contributed by atoms with Crippen molar-refractivity contribution >= 4 is 39.9 Å². The van der Waals surface area contributed by atoms with Crippen LogP contribution in [0, 0.1) is 13.8 Å². The van der Waals surface area contributed by atoms with E-state index >= 15 is 0 Å². The van der Waals surface area contributed by atoms with Gasteiger partial charge in [-0.3, -0.25) is 14.9 Å². The first-order chi connectivity index (χ1) is 15.8. The lowest BCUT2D eigenvalue weighted by molar-refractivity contribution is -0.120. The zero-order valence-corrected chi connectivity index (χ0v) is 20.1. The lowest BCUT2D eigenvalue weighted by Gasteiger charge is -2.26. The molecule has 7 nitrogen and oxygen atoms in total. The van der Waals surface area contributed by atoms with Crippen LogP contribution in [0.4, 0.5) is 5.13 Å². The second-order valence-corrected chi connectivity index (χ2v) is 9.12. The predicted molar refractivity (Wildman–Crippen MR) is 129 cm³/mol. The summed E-state index contributed by atoms with van der Waals surface area (Å²) < 4.78 is 11.3. The number of ether oxygens (including phenoxy) is 2. The third-order valence-corrected chi connectivity index (χ3v) is 6.61. The third-order valence-electron chi connectivity index (χ3n) is 5.25. The molecular weight excluding hydrogens is 462 g/mol. The average molecular weight is 486 g/mol. The molecule has 2 heterocycles. The summed E-state index contributed by atoms with van der Waals surface area (Å²) in [4.78, 5) is 28.4. The number of anilines is 1. The van der Waals surface area contributed by atoms with Crippen LogP contribution in [0.25, 0.3) is 11.3 Å². The van der Waals surface area contributed by atoms with E-state index in [2.05, 4.69) is 15.6 Å². The minimum Gasteiger partial charge on any atom is -0.493 e. The summed E-state index contributed by atoms with van der Waals surface area (Å²) in [7, 11) is 0. The van der Waals surface area contributed by atoms with Gasteiger partial charge in [0.15, 0.2) is 11.7 Å². The molecule has 2 aromatic carbocycles. The Balaban J connectivity index is 1.42. The number of aryl methyl sites for hydroxylation is 2. The lowest BCUT2D eigenvalue weighted by atomic mass is 9.97. The number of nitrogens with zero attached hydrogens (tertiary/aromatic N) is 1. The van der Waals surface area contributed by atoms with Crippen LogP contribution >= 0.6 is 22.9 Å². The van der Waals surface area contributed by atoms with Gasteiger partial charge in [0.25, 0.3) is 5.91 Å². The van der Waals surface area contributed by atoms with Crippen LogP contribution < -0.4 is 20.1 Å². The second kappa shape index (κ2) is 9.80. The fourth-order valence-corrected chi connectivity index (χ4v) is 4.55. The normalized spacial score (nSPS) is 14.7. The van der Waals surface area contributed by atoms with Crippen molar-refractivity contribution in [1.29, 1.82) is 0 Å². The molecular formula is C24H24ClN3O4S. The van der Waals surface area contributed by atoms with Crippen molar-refractivity contribution in [2.24, 2.45) is 0 Å². The van der Waals surface area contributed by atoms with Gasteiger partial charge in [-0.15, -0.1) is 11.3 Å². The zero-order chi connectivity index (χ0) is 23.5. The van der Waals surface area contributed by atoms with Gasteiger partial charge in [0.1, 0.15) is 11.5 Å². The van der Waals surface area contributed by atoms with Crippen molar-refractivity contribution in [2.75, 3.05) is 18.5 Å². The monoisotopic (exact) mass is 485 g/mol. The standard InChI is InChI=1S/C24H24ClN3O4S/c1-13-8-17(9-14(2)23(13)25)32-11-22(30)28-24-27-20(12-33-24)16-4-5-21-18(10-16)19(6-7-31-21)26-15(3)29/h4-5,8-10,12,19H,6-7,11H2,1-3H3,(H,26,29)(H,27,28,30). The molecule has 172 valence electrons. The SMILES string of the molecule is CC(=O)NC1CCOc2ccc(-c3csc(NC(=O)COc4cc(C)c(Cl)c(C)c4)n3)cc21. The Bertz CT molecular complexity index is 1190.